The van der Waals surface area contributed by atoms with Crippen LogP contribution in [0.3, 0.4) is 0 Å². The molecule has 0 aromatic heterocycles. The highest BCUT2D eigenvalue weighted by molar-refractivity contribution is 6.32. The topological polar surface area (TPSA) is 89.5 Å². The number of carbonyl (C=O) groups is 1. The normalized spacial score (nSPS) is 15.8. The van der Waals surface area contributed by atoms with E-state index in [4.69, 9.17) is 26.9 Å². The lowest BCUT2D eigenvalue weighted by atomic mass is 10.00. The number of ether oxygens (including phenoxy) is 1. The van der Waals surface area contributed by atoms with Crippen LogP contribution in [0.2, 0.25) is 5.02 Å². The lowest BCUT2D eigenvalue weighted by Crippen LogP contribution is -2.40. The van der Waals surface area contributed by atoms with Gasteiger partial charge in [-0.15, -0.1) is 0 Å². The molecule has 0 bridgehead atoms. The maximum Gasteiger partial charge on any atom is 0.279 e. The zero-order valence-electron chi connectivity index (χ0n) is 15.0. The highest BCUT2D eigenvalue weighted by atomic mass is 35.5. The fourth-order valence-corrected chi connectivity index (χ4v) is 3.14. The molecule has 3 rings (SSSR count). The van der Waals surface area contributed by atoms with E-state index < -0.39 is 6.23 Å². The molecule has 0 spiro atoms. The molecular weight excluding hydrogens is 376 g/mol. The molecule has 1 aliphatic rings. The van der Waals surface area contributed by atoms with Crippen molar-refractivity contribution in [2.45, 2.75) is 19.1 Å². The summed E-state index contributed by atoms with van der Waals surface area (Å²) in [7, 11) is 0. The maximum atomic E-state index is 13.1. The predicted octanol–water partition coefficient (Wildman–Crippen LogP) is 3.69. The van der Waals surface area contributed by atoms with Crippen LogP contribution in [0.15, 0.2) is 53.5 Å². The standard InChI is InChI=1S/C21H17ClN4O2/c22-16-8-9-18-17(14-16)19(15-6-2-1-3-7-15)25-20(28-13-5-11-24)21(27)26(18)12-4-10-23/h1-3,6-9,14,20H,4-5,12-13H2. The van der Waals surface area contributed by atoms with E-state index >= 15 is 0 Å². The van der Waals surface area contributed by atoms with Gasteiger partial charge in [0.2, 0.25) is 6.23 Å². The number of aliphatic imine (C=N–C) groups is 1. The zero-order valence-corrected chi connectivity index (χ0v) is 15.8. The molecule has 0 radical (unpaired) electrons. The molecule has 1 amide bonds. The van der Waals surface area contributed by atoms with Gasteiger partial charge in [-0.1, -0.05) is 41.9 Å². The van der Waals surface area contributed by atoms with Crippen LogP contribution < -0.4 is 4.90 Å². The number of carbonyl (C=O) groups excluding carboxylic acids is 1. The van der Waals surface area contributed by atoms with Gasteiger partial charge in [0, 0.05) is 22.7 Å². The second-order valence-corrected chi connectivity index (χ2v) is 6.47. The number of nitrogens with zero attached hydrogens (tertiary/aromatic N) is 4. The van der Waals surface area contributed by atoms with Gasteiger partial charge in [-0.25, -0.2) is 4.99 Å². The highest BCUT2D eigenvalue weighted by Gasteiger charge is 2.32. The molecule has 6 nitrogen and oxygen atoms in total. The van der Waals surface area contributed by atoms with E-state index in [1.807, 2.05) is 36.4 Å². The smallest absolute Gasteiger partial charge is 0.279 e. The molecule has 1 aliphatic heterocycles. The third-order valence-corrected chi connectivity index (χ3v) is 4.45. The number of benzodiazepines with no additional fused rings is 1. The molecule has 0 saturated carbocycles. The Bertz CT molecular complexity index is 976. The molecule has 1 unspecified atom stereocenters. The summed E-state index contributed by atoms with van der Waals surface area (Å²) in [5.41, 5.74) is 2.71. The Morgan fingerprint density at radius 3 is 2.57 bits per heavy atom. The molecule has 0 fully saturated rings. The third kappa shape index (κ3) is 4.20. The number of halogens is 1. The van der Waals surface area contributed by atoms with Gasteiger partial charge in [0.1, 0.15) is 0 Å². The highest BCUT2D eigenvalue weighted by Crippen LogP contribution is 2.31. The second-order valence-electron chi connectivity index (χ2n) is 6.03. The van der Waals surface area contributed by atoms with Crippen LogP contribution in [0.4, 0.5) is 5.69 Å². The van der Waals surface area contributed by atoms with Gasteiger partial charge in [-0.2, -0.15) is 10.5 Å². The fraction of sp³-hybridized carbons (Fsp3) is 0.238. The summed E-state index contributed by atoms with van der Waals surface area (Å²) in [6, 6.07) is 18.7. The van der Waals surface area contributed by atoms with Crippen molar-refractivity contribution in [1.82, 2.24) is 0 Å². The molecule has 0 aliphatic carbocycles. The third-order valence-electron chi connectivity index (χ3n) is 4.21. The quantitative estimate of drug-likeness (QED) is 0.701. The van der Waals surface area contributed by atoms with Crippen LogP contribution in [0, 0.1) is 22.7 Å². The van der Waals surface area contributed by atoms with Crippen molar-refractivity contribution >= 4 is 28.9 Å². The van der Waals surface area contributed by atoms with Crippen molar-refractivity contribution in [3.05, 3.63) is 64.7 Å². The van der Waals surface area contributed by atoms with E-state index in [0.29, 0.717) is 22.0 Å². The first-order valence-corrected chi connectivity index (χ1v) is 9.13. The number of rotatable bonds is 6. The summed E-state index contributed by atoms with van der Waals surface area (Å²) in [6.07, 6.45) is -0.788. The van der Waals surface area contributed by atoms with Crippen LogP contribution in [-0.4, -0.2) is 31.0 Å². The van der Waals surface area contributed by atoms with Crippen molar-refractivity contribution in [2.24, 2.45) is 4.99 Å². The predicted molar refractivity (Wildman–Crippen MR) is 106 cm³/mol. The Balaban J connectivity index is 2.15. The SMILES string of the molecule is N#CCCOC1N=C(c2ccccc2)c2cc(Cl)ccc2N(CCC#N)C1=O. The van der Waals surface area contributed by atoms with Gasteiger partial charge in [0.25, 0.3) is 5.91 Å². The number of hydrogen-bond donors (Lipinski definition) is 0. The van der Waals surface area contributed by atoms with Crippen LogP contribution in [0.1, 0.15) is 24.0 Å². The van der Waals surface area contributed by atoms with Crippen molar-refractivity contribution in [1.29, 1.82) is 10.5 Å². The van der Waals surface area contributed by atoms with Gasteiger partial charge in [-0.05, 0) is 18.2 Å². The van der Waals surface area contributed by atoms with Crippen LogP contribution in [0.25, 0.3) is 0 Å². The largest absolute Gasteiger partial charge is 0.347 e. The maximum absolute atomic E-state index is 13.1. The first-order valence-electron chi connectivity index (χ1n) is 8.75. The molecule has 28 heavy (non-hydrogen) atoms. The first kappa shape index (κ1) is 19.6. The molecule has 0 N–H and O–H groups in total. The molecule has 7 heteroatoms. The lowest BCUT2D eigenvalue weighted by molar-refractivity contribution is -0.129. The fourth-order valence-electron chi connectivity index (χ4n) is 2.97. The average Bonchev–Trinajstić information content (AvgIpc) is 2.82. The van der Waals surface area contributed by atoms with E-state index in [1.54, 1.807) is 18.2 Å². The molecule has 2 aromatic rings. The van der Waals surface area contributed by atoms with E-state index in [-0.39, 0.29) is 31.9 Å². The molecular formula is C21H17ClN4O2. The lowest BCUT2D eigenvalue weighted by Gasteiger charge is -2.24. The van der Waals surface area contributed by atoms with Crippen LogP contribution in [0.5, 0.6) is 0 Å². The summed E-state index contributed by atoms with van der Waals surface area (Å²) in [6.45, 7) is 0.293. The van der Waals surface area contributed by atoms with Crippen molar-refractivity contribution in [3.8, 4) is 12.1 Å². The van der Waals surface area contributed by atoms with Crippen molar-refractivity contribution < 1.29 is 9.53 Å². The Kier molecular flexibility index (Phi) is 6.39. The van der Waals surface area contributed by atoms with Gasteiger partial charge >= 0.3 is 0 Å². The van der Waals surface area contributed by atoms with Crippen molar-refractivity contribution in [3.63, 3.8) is 0 Å². The molecule has 2 aromatic carbocycles. The minimum Gasteiger partial charge on any atom is -0.347 e. The van der Waals surface area contributed by atoms with Gasteiger partial charge in [0.15, 0.2) is 0 Å². The van der Waals surface area contributed by atoms with Gasteiger partial charge in [-0.3, -0.25) is 4.79 Å². The Morgan fingerprint density at radius 2 is 1.86 bits per heavy atom. The Hall–Kier alpha value is -3.19. The van der Waals surface area contributed by atoms with Gasteiger partial charge < -0.3 is 9.64 Å². The van der Waals surface area contributed by atoms with Crippen LogP contribution >= 0.6 is 11.6 Å². The minimum atomic E-state index is -1.10. The molecule has 0 saturated heterocycles. The number of anilines is 1. The van der Waals surface area contributed by atoms with E-state index in [1.165, 1.54) is 4.90 Å². The zero-order chi connectivity index (χ0) is 19.9. The summed E-state index contributed by atoms with van der Waals surface area (Å²) < 4.78 is 5.62. The summed E-state index contributed by atoms with van der Waals surface area (Å²) in [4.78, 5) is 19.2. The van der Waals surface area contributed by atoms with E-state index in [0.717, 1.165) is 5.56 Å². The monoisotopic (exact) mass is 392 g/mol. The molecule has 1 heterocycles. The number of amides is 1. The Morgan fingerprint density at radius 1 is 1.11 bits per heavy atom. The number of benzene rings is 2. The number of hydrogen-bond acceptors (Lipinski definition) is 5. The van der Waals surface area contributed by atoms with E-state index in [2.05, 4.69) is 11.1 Å². The van der Waals surface area contributed by atoms with Crippen LogP contribution in [-0.2, 0) is 9.53 Å². The first-order chi connectivity index (χ1) is 13.7. The minimum absolute atomic E-state index is 0.0850. The summed E-state index contributed by atoms with van der Waals surface area (Å²) in [5, 5.41) is 18.3. The second kappa shape index (κ2) is 9.14. The number of fused-ring (bicyclic) bond motifs is 1. The summed E-state index contributed by atoms with van der Waals surface area (Å²) >= 11 is 6.23. The molecule has 1 atom stereocenters. The van der Waals surface area contributed by atoms with Gasteiger partial charge in [0.05, 0.1) is 43.0 Å². The average molecular weight is 393 g/mol. The Labute approximate surface area is 168 Å². The number of nitriles is 2. The summed E-state index contributed by atoms with van der Waals surface area (Å²) in [5.74, 6) is -0.373. The van der Waals surface area contributed by atoms with Crippen molar-refractivity contribution in [2.75, 3.05) is 18.1 Å². The molecule has 140 valence electrons. The van der Waals surface area contributed by atoms with E-state index in [9.17, 15) is 4.79 Å².